The molecular formula is C29H26N2O7S. The molecule has 39 heavy (non-hydrogen) atoms. The minimum atomic E-state index is -2.36. The van der Waals surface area contributed by atoms with Crippen molar-refractivity contribution in [2.24, 2.45) is 0 Å². The van der Waals surface area contributed by atoms with Gasteiger partial charge in [-0.05, 0) is 24.3 Å². The molecule has 0 amide bonds. The van der Waals surface area contributed by atoms with Crippen molar-refractivity contribution in [2.75, 3.05) is 19.0 Å². The molecule has 0 saturated carbocycles. The number of aliphatic hydroxyl groups is 1. The number of hydrogen-bond acceptors (Lipinski definition) is 10. The minimum absolute atomic E-state index is 0.135. The van der Waals surface area contributed by atoms with Crippen LogP contribution in [0.25, 0.3) is 0 Å². The van der Waals surface area contributed by atoms with E-state index in [0.717, 1.165) is 0 Å². The standard InChI is InChI=1S/C29H26N2O7S/c30-23-16-31(18-39-23)28-29(35,24(32)19-10-4-1-5-11-19)25(38-27(34)21-14-8-3-9-15-21)22(37-28)17-36-26(33)20-12-6-2-7-13-20/h1-15,22,25,28,30,35H,16-18H2/t22-,25-,28-,29-/m0/s1. The molecule has 0 spiro atoms. The van der Waals surface area contributed by atoms with Crippen molar-refractivity contribution in [1.82, 2.24) is 4.90 Å². The van der Waals surface area contributed by atoms with Gasteiger partial charge in [0.05, 0.1) is 22.0 Å². The van der Waals surface area contributed by atoms with Gasteiger partial charge in [0.25, 0.3) is 0 Å². The van der Waals surface area contributed by atoms with Crippen LogP contribution in [0.15, 0.2) is 91.0 Å². The Morgan fingerprint density at radius 3 is 1.97 bits per heavy atom. The molecule has 0 radical (unpaired) electrons. The maximum Gasteiger partial charge on any atom is 0.338 e. The van der Waals surface area contributed by atoms with E-state index in [4.69, 9.17) is 19.6 Å². The number of thioether (sulfide) groups is 1. The van der Waals surface area contributed by atoms with Crippen LogP contribution >= 0.6 is 11.8 Å². The zero-order chi connectivity index (χ0) is 27.4. The minimum Gasteiger partial charge on any atom is -0.459 e. The highest BCUT2D eigenvalue weighted by Gasteiger charge is 2.65. The van der Waals surface area contributed by atoms with E-state index in [2.05, 4.69) is 0 Å². The van der Waals surface area contributed by atoms with Gasteiger partial charge in [-0.1, -0.05) is 78.5 Å². The van der Waals surface area contributed by atoms with Gasteiger partial charge >= 0.3 is 11.9 Å². The second-order valence-corrected chi connectivity index (χ2v) is 10.2. The van der Waals surface area contributed by atoms with E-state index in [-0.39, 0.29) is 30.2 Å². The number of Topliss-reactive ketones (excluding diaryl/α,β-unsaturated/α-hetero) is 1. The molecule has 4 atom stereocenters. The average molecular weight is 547 g/mol. The van der Waals surface area contributed by atoms with Gasteiger partial charge in [0.15, 0.2) is 12.3 Å². The fourth-order valence-corrected chi connectivity index (χ4v) is 5.45. The summed E-state index contributed by atoms with van der Waals surface area (Å²) < 4.78 is 17.5. The highest BCUT2D eigenvalue weighted by Crippen LogP contribution is 2.40. The van der Waals surface area contributed by atoms with Crippen LogP contribution in [0.1, 0.15) is 31.1 Å². The van der Waals surface area contributed by atoms with Crippen molar-refractivity contribution in [3.8, 4) is 0 Å². The lowest BCUT2D eigenvalue weighted by Crippen LogP contribution is -2.61. The fraction of sp³-hybridized carbons (Fsp3) is 0.241. The SMILES string of the molecule is N=C1CN([C@H]2O[C@@H](COC(=O)c3ccccc3)[C@H](OC(=O)c3ccccc3)[C@@]2(O)C(=O)c2ccccc2)CS1. The van der Waals surface area contributed by atoms with E-state index in [1.807, 2.05) is 0 Å². The first-order valence-corrected chi connectivity index (χ1v) is 13.3. The van der Waals surface area contributed by atoms with Gasteiger partial charge in [-0.15, -0.1) is 0 Å². The molecule has 2 heterocycles. The van der Waals surface area contributed by atoms with Crippen LogP contribution < -0.4 is 0 Å². The number of nitrogens with one attached hydrogen (secondary N) is 1. The summed E-state index contributed by atoms with van der Waals surface area (Å²) in [6.45, 7) is -0.255. The number of ketones is 1. The van der Waals surface area contributed by atoms with Crippen LogP contribution in [0.5, 0.6) is 0 Å². The van der Waals surface area contributed by atoms with Gasteiger partial charge < -0.3 is 19.3 Å². The number of carbonyl (C=O) groups is 3. The summed E-state index contributed by atoms with van der Waals surface area (Å²) in [6.07, 6.45) is -3.96. The summed E-state index contributed by atoms with van der Waals surface area (Å²) in [6, 6.07) is 24.7. The molecule has 9 nitrogen and oxygen atoms in total. The van der Waals surface area contributed by atoms with Gasteiger partial charge in [0.2, 0.25) is 11.4 Å². The van der Waals surface area contributed by atoms with E-state index in [0.29, 0.717) is 10.6 Å². The van der Waals surface area contributed by atoms with Crippen molar-refractivity contribution in [3.63, 3.8) is 0 Å². The van der Waals surface area contributed by atoms with E-state index >= 15 is 0 Å². The second-order valence-electron chi connectivity index (χ2n) is 9.15. The van der Waals surface area contributed by atoms with Crippen molar-refractivity contribution in [1.29, 1.82) is 5.41 Å². The Bertz CT molecular complexity index is 1360. The quantitative estimate of drug-likeness (QED) is 0.323. The Hall–Kier alpha value is -3.83. The molecule has 0 aliphatic carbocycles. The number of nitrogens with zero attached hydrogens (tertiary/aromatic N) is 1. The highest BCUT2D eigenvalue weighted by molar-refractivity contribution is 8.14. The highest BCUT2D eigenvalue weighted by atomic mass is 32.2. The van der Waals surface area contributed by atoms with E-state index < -0.39 is 41.8 Å². The monoisotopic (exact) mass is 546 g/mol. The normalized spacial score (nSPS) is 24.8. The van der Waals surface area contributed by atoms with Gasteiger partial charge in [-0.3, -0.25) is 15.1 Å². The Kier molecular flexibility index (Phi) is 7.89. The van der Waals surface area contributed by atoms with Crippen LogP contribution in [0, 0.1) is 5.41 Å². The summed E-state index contributed by atoms with van der Waals surface area (Å²) in [7, 11) is 0. The Morgan fingerprint density at radius 1 is 0.897 bits per heavy atom. The largest absolute Gasteiger partial charge is 0.459 e. The number of benzene rings is 3. The van der Waals surface area contributed by atoms with E-state index in [9.17, 15) is 19.5 Å². The number of hydrogen-bond donors (Lipinski definition) is 2. The van der Waals surface area contributed by atoms with Crippen molar-refractivity contribution >= 4 is 34.5 Å². The molecule has 2 N–H and O–H groups in total. The molecule has 0 bridgehead atoms. The predicted molar refractivity (Wildman–Crippen MR) is 144 cm³/mol. The third-order valence-corrected chi connectivity index (χ3v) is 7.50. The maximum absolute atomic E-state index is 13.9. The zero-order valence-electron chi connectivity index (χ0n) is 20.8. The van der Waals surface area contributed by atoms with Crippen LogP contribution in [-0.4, -0.2) is 75.8 Å². The molecule has 10 heteroatoms. The number of rotatable bonds is 8. The smallest absolute Gasteiger partial charge is 0.338 e. The van der Waals surface area contributed by atoms with E-state index in [1.165, 1.54) is 11.8 Å². The molecule has 2 saturated heterocycles. The molecule has 5 rings (SSSR count). The molecule has 0 unspecified atom stereocenters. The van der Waals surface area contributed by atoms with Crippen LogP contribution in [-0.2, 0) is 14.2 Å². The lowest BCUT2D eigenvalue weighted by Gasteiger charge is -2.35. The predicted octanol–water partition coefficient (Wildman–Crippen LogP) is 3.39. The molecule has 2 aliphatic heterocycles. The molecule has 0 aromatic heterocycles. The Balaban J connectivity index is 1.51. The van der Waals surface area contributed by atoms with Gasteiger partial charge in [-0.2, -0.15) is 0 Å². The third kappa shape index (κ3) is 5.50. The molecule has 2 aliphatic rings. The number of ether oxygens (including phenoxy) is 3. The molecule has 2 fully saturated rings. The van der Waals surface area contributed by atoms with E-state index in [1.54, 1.807) is 95.9 Å². The third-order valence-electron chi connectivity index (χ3n) is 6.57. The first-order chi connectivity index (χ1) is 18.9. The topological polar surface area (TPSA) is 126 Å². The number of carbonyl (C=O) groups excluding carboxylic acids is 3. The lowest BCUT2D eigenvalue weighted by molar-refractivity contribution is -0.112. The fourth-order valence-electron chi connectivity index (χ4n) is 4.64. The van der Waals surface area contributed by atoms with Gasteiger partial charge in [0.1, 0.15) is 12.7 Å². The van der Waals surface area contributed by atoms with Crippen molar-refractivity contribution < 1.29 is 33.7 Å². The summed E-state index contributed by atoms with van der Waals surface area (Å²) >= 11 is 1.24. The van der Waals surface area contributed by atoms with Gasteiger partial charge in [0, 0.05) is 12.1 Å². The first-order valence-electron chi connectivity index (χ1n) is 12.3. The summed E-state index contributed by atoms with van der Waals surface area (Å²) in [5, 5.41) is 20.6. The lowest BCUT2D eigenvalue weighted by atomic mass is 9.85. The zero-order valence-corrected chi connectivity index (χ0v) is 21.6. The molecule has 200 valence electrons. The van der Waals surface area contributed by atoms with Crippen LogP contribution in [0.4, 0.5) is 0 Å². The van der Waals surface area contributed by atoms with Crippen molar-refractivity contribution in [3.05, 3.63) is 108 Å². The molecule has 3 aromatic carbocycles. The Labute approximate surface area is 229 Å². The van der Waals surface area contributed by atoms with Gasteiger partial charge in [-0.25, -0.2) is 9.59 Å². The number of esters is 2. The summed E-state index contributed by atoms with van der Waals surface area (Å²) in [4.78, 5) is 41.4. The Morgan fingerprint density at radius 2 is 1.44 bits per heavy atom. The molecule has 3 aromatic rings. The van der Waals surface area contributed by atoms with Crippen LogP contribution in [0.3, 0.4) is 0 Å². The average Bonchev–Trinajstić information content (AvgIpc) is 3.53. The summed E-state index contributed by atoms with van der Waals surface area (Å²) in [5.74, 6) is -1.83. The second kappa shape index (κ2) is 11.5. The summed E-state index contributed by atoms with van der Waals surface area (Å²) in [5.41, 5.74) is -1.64. The van der Waals surface area contributed by atoms with Crippen LogP contribution in [0.2, 0.25) is 0 Å². The molecular weight excluding hydrogens is 520 g/mol. The first kappa shape index (κ1) is 26.8. The maximum atomic E-state index is 13.9. The van der Waals surface area contributed by atoms with Crippen molar-refractivity contribution in [2.45, 2.75) is 24.0 Å².